The van der Waals surface area contributed by atoms with E-state index in [9.17, 15) is 0 Å². The van der Waals surface area contributed by atoms with Crippen molar-refractivity contribution in [3.8, 4) is 11.5 Å². The van der Waals surface area contributed by atoms with Crippen LogP contribution in [0.3, 0.4) is 0 Å². The number of ether oxygens (including phenoxy) is 2. The van der Waals surface area contributed by atoms with Crippen LogP contribution in [0.5, 0.6) is 11.5 Å². The van der Waals surface area contributed by atoms with Crippen molar-refractivity contribution in [1.29, 1.82) is 0 Å². The van der Waals surface area contributed by atoms with Crippen LogP contribution in [-0.2, 0) is 13.1 Å². The lowest BCUT2D eigenvalue weighted by Crippen LogP contribution is -2.38. The van der Waals surface area contributed by atoms with Crippen LogP contribution in [0.15, 0.2) is 48.5 Å². The Bertz CT molecular complexity index is 691. The molecule has 1 aliphatic rings. The standard InChI is InChI=1S/C19H22N2O2S/c1-2-21(19(24)20-13-15-6-4-3-5-7-15)14-16-8-9-17-18(12-16)23-11-10-22-17/h3-9,12H,2,10-11,13-14H2,1H3,(H,20,24). The van der Waals surface area contributed by atoms with Crippen molar-refractivity contribution < 1.29 is 9.47 Å². The molecule has 0 saturated heterocycles. The summed E-state index contributed by atoms with van der Waals surface area (Å²) < 4.78 is 11.2. The Morgan fingerprint density at radius 2 is 1.79 bits per heavy atom. The van der Waals surface area contributed by atoms with Crippen LogP contribution in [0.4, 0.5) is 0 Å². The van der Waals surface area contributed by atoms with E-state index in [1.807, 2.05) is 30.3 Å². The first-order valence-corrected chi connectivity index (χ1v) is 8.62. The minimum absolute atomic E-state index is 0.602. The fourth-order valence-corrected chi connectivity index (χ4v) is 2.88. The normalized spacial score (nSPS) is 12.5. The molecule has 1 N–H and O–H groups in total. The van der Waals surface area contributed by atoms with Gasteiger partial charge in [-0.2, -0.15) is 0 Å². The molecule has 0 atom stereocenters. The Morgan fingerprint density at radius 3 is 2.54 bits per heavy atom. The fraction of sp³-hybridized carbons (Fsp3) is 0.316. The van der Waals surface area contributed by atoms with E-state index < -0.39 is 0 Å². The van der Waals surface area contributed by atoms with E-state index in [-0.39, 0.29) is 0 Å². The molecule has 0 spiro atoms. The van der Waals surface area contributed by atoms with Gasteiger partial charge in [0.15, 0.2) is 16.6 Å². The zero-order valence-electron chi connectivity index (χ0n) is 13.8. The highest BCUT2D eigenvalue weighted by molar-refractivity contribution is 7.80. The van der Waals surface area contributed by atoms with Crippen molar-refractivity contribution in [2.45, 2.75) is 20.0 Å². The third-order valence-corrected chi connectivity index (χ3v) is 4.34. The number of hydrogen-bond acceptors (Lipinski definition) is 3. The van der Waals surface area contributed by atoms with Crippen molar-refractivity contribution >= 4 is 17.3 Å². The molecule has 2 aromatic rings. The molecular weight excluding hydrogens is 320 g/mol. The fourth-order valence-electron chi connectivity index (χ4n) is 2.62. The minimum atomic E-state index is 0.602. The molecule has 0 unspecified atom stereocenters. The maximum atomic E-state index is 5.65. The highest BCUT2D eigenvalue weighted by atomic mass is 32.1. The molecular formula is C19H22N2O2S. The summed E-state index contributed by atoms with van der Waals surface area (Å²) in [6.45, 7) is 5.64. The van der Waals surface area contributed by atoms with Gasteiger partial charge in [0.2, 0.25) is 0 Å². The first kappa shape index (κ1) is 16.6. The topological polar surface area (TPSA) is 33.7 Å². The van der Waals surface area contributed by atoms with Crippen LogP contribution in [0, 0.1) is 0 Å². The number of rotatable bonds is 5. The Kier molecular flexibility index (Phi) is 5.54. The summed E-state index contributed by atoms with van der Waals surface area (Å²) in [6, 6.07) is 16.3. The molecule has 0 aliphatic carbocycles. The van der Waals surface area contributed by atoms with Gasteiger partial charge in [-0.3, -0.25) is 0 Å². The van der Waals surface area contributed by atoms with Gasteiger partial charge < -0.3 is 19.7 Å². The van der Waals surface area contributed by atoms with Gasteiger partial charge in [0.1, 0.15) is 13.2 Å². The molecule has 0 saturated carbocycles. The van der Waals surface area contributed by atoms with Crippen LogP contribution in [0.2, 0.25) is 0 Å². The van der Waals surface area contributed by atoms with Crippen molar-refractivity contribution in [1.82, 2.24) is 10.2 Å². The van der Waals surface area contributed by atoms with Crippen molar-refractivity contribution in [3.63, 3.8) is 0 Å². The highest BCUT2D eigenvalue weighted by Crippen LogP contribution is 2.31. The highest BCUT2D eigenvalue weighted by Gasteiger charge is 2.14. The monoisotopic (exact) mass is 342 g/mol. The van der Waals surface area contributed by atoms with Gasteiger partial charge >= 0.3 is 0 Å². The van der Waals surface area contributed by atoms with Crippen LogP contribution in [0.1, 0.15) is 18.1 Å². The summed E-state index contributed by atoms with van der Waals surface area (Å²) in [5, 5.41) is 4.09. The van der Waals surface area contributed by atoms with E-state index in [1.54, 1.807) is 0 Å². The average Bonchev–Trinajstić information content (AvgIpc) is 2.65. The second-order valence-electron chi connectivity index (χ2n) is 5.64. The first-order valence-electron chi connectivity index (χ1n) is 8.21. The minimum Gasteiger partial charge on any atom is -0.486 e. The lowest BCUT2D eigenvalue weighted by atomic mass is 10.2. The molecule has 0 bridgehead atoms. The zero-order chi connectivity index (χ0) is 16.8. The quantitative estimate of drug-likeness (QED) is 0.843. The number of nitrogens with one attached hydrogen (secondary N) is 1. The van der Waals surface area contributed by atoms with E-state index in [4.69, 9.17) is 21.7 Å². The Labute approximate surface area is 148 Å². The number of hydrogen-bond donors (Lipinski definition) is 1. The molecule has 1 aliphatic heterocycles. The second-order valence-corrected chi connectivity index (χ2v) is 6.02. The van der Waals surface area contributed by atoms with E-state index in [1.165, 1.54) is 5.56 Å². The summed E-state index contributed by atoms with van der Waals surface area (Å²) in [7, 11) is 0. The van der Waals surface area contributed by atoms with Crippen LogP contribution in [0.25, 0.3) is 0 Å². The summed E-state index contributed by atoms with van der Waals surface area (Å²) in [5.74, 6) is 1.63. The summed E-state index contributed by atoms with van der Waals surface area (Å²) >= 11 is 5.55. The Morgan fingerprint density at radius 1 is 1.04 bits per heavy atom. The molecule has 2 aromatic carbocycles. The van der Waals surface area contributed by atoms with Gasteiger partial charge in [0.05, 0.1) is 0 Å². The molecule has 3 rings (SSSR count). The van der Waals surface area contributed by atoms with Crippen LogP contribution in [-0.4, -0.2) is 29.8 Å². The summed E-state index contributed by atoms with van der Waals surface area (Å²) in [6.07, 6.45) is 0. The number of fused-ring (bicyclic) bond motifs is 1. The molecule has 4 nitrogen and oxygen atoms in total. The predicted octanol–water partition coefficient (Wildman–Crippen LogP) is 3.35. The SMILES string of the molecule is CCN(Cc1ccc2c(c1)OCCO2)C(=S)NCc1ccccc1. The van der Waals surface area contributed by atoms with Gasteiger partial charge in [-0.05, 0) is 42.4 Å². The van der Waals surface area contributed by atoms with E-state index >= 15 is 0 Å². The average molecular weight is 342 g/mol. The van der Waals surface area contributed by atoms with Crippen LogP contribution < -0.4 is 14.8 Å². The molecule has 1 heterocycles. The lowest BCUT2D eigenvalue weighted by Gasteiger charge is -2.25. The third-order valence-electron chi connectivity index (χ3n) is 3.94. The molecule has 0 fully saturated rings. The predicted molar refractivity (Wildman–Crippen MR) is 99.4 cm³/mol. The largest absolute Gasteiger partial charge is 0.486 e. The maximum absolute atomic E-state index is 5.65. The van der Waals surface area contributed by atoms with Gasteiger partial charge in [0.25, 0.3) is 0 Å². The number of thiocarbonyl (C=S) groups is 1. The Balaban J connectivity index is 1.60. The smallest absolute Gasteiger partial charge is 0.169 e. The molecule has 126 valence electrons. The van der Waals surface area contributed by atoms with Crippen molar-refractivity contribution in [2.75, 3.05) is 19.8 Å². The van der Waals surface area contributed by atoms with E-state index in [0.717, 1.165) is 41.8 Å². The molecule has 24 heavy (non-hydrogen) atoms. The van der Waals surface area contributed by atoms with Gasteiger partial charge in [-0.15, -0.1) is 0 Å². The van der Waals surface area contributed by atoms with Gasteiger partial charge in [-0.1, -0.05) is 36.4 Å². The first-order chi connectivity index (χ1) is 11.8. The summed E-state index contributed by atoms with van der Waals surface area (Å²) in [4.78, 5) is 2.14. The maximum Gasteiger partial charge on any atom is 0.169 e. The van der Waals surface area contributed by atoms with Gasteiger partial charge in [0, 0.05) is 19.6 Å². The Hall–Kier alpha value is -2.27. The molecule has 5 heteroatoms. The van der Waals surface area contributed by atoms with Crippen LogP contribution >= 0.6 is 12.2 Å². The summed E-state index contributed by atoms with van der Waals surface area (Å²) in [5.41, 5.74) is 2.38. The molecule has 0 radical (unpaired) electrons. The third kappa shape index (κ3) is 4.17. The zero-order valence-corrected chi connectivity index (χ0v) is 14.6. The van der Waals surface area contributed by atoms with Crippen molar-refractivity contribution in [3.05, 3.63) is 59.7 Å². The van der Waals surface area contributed by atoms with Gasteiger partial charge in [-0.25, -0.2) is 0 Å². The second kappa shape index (κ2) is 8.02. The number of benzene rings is 2. The van der Waals surface area contributed by atoms with E-state index in [0.29, 0.717) is 13.2 Å². The van der Waals surface area contributed by atoms with E-state index in [2.05, 4.69) is 35.3 Å². The number of nitrogens with zero attached hydrogens (tertiary/aromatic N) is 1. The lowest BCUT2D eigenvalue weighted by molar-refractivity contribution is 0.171. The van der Waals surface area contributed by atoms with Crippen molar-refractivity contribution in [2.24, 2.45) is 0 Å². The molecule has 0 aromatic heterocycles. The molecule has 0 amide bonds.